The van der Waals surface area contributed by atoms with Gasteiger partial charge in [-0.1, -0.05) is 6.42 Å². The molecule has 0 saturated carbocycles. The van der Waals surface area contributed by atoms with E-state index in [1.54, 1.807) is 0 Å². The molecule has 4 heteroatoms. The van der Waals surface area contributed by atoms with E-state index in [2.05, 4.69) is 32.8 Å². The largest absolute Gasteiger partial charge is 0.309 e. The van der Waals surface area contributed by atoms with Gasteiger partial charge in [-0.25, -0.2) is 4.98 Å². The summed E-state index contributed by atoms with van der Waals surface area (Å²) < 4.78 is 2.14. The van der Waals surface area contributed by atoms with E-state index in [9.17, 15) is 0 Å². The normalized spacial score (nSPS) is 19.9. The summed E-state index contributed by atoms with van der Waals surface area (Å²) in [7, 11) is 0. The Morgan fingerprint density at radius 2 is 2.17 bits per heavy atom. The highest BCUT2D eigenvalue weighted by atomic mass is 15.1. The van der Waals surface area contributed by atoms with Crippen molar-refractivity contribution < 1.29 is 0 Å². The zero-order valence-electron chi connectivity index (χ0n) is 10.6. The molecular weight excluding hydrogens is 224 g/mol. The molecule has 94 valence electrons. The highest BCUT2D eigenvalue weighted by molar-refractivity contribution is 5.34. The highest BCUT2D eigenvalue weighted by Gasteiger charge is 2.18. The Morgan fingerprint density at radius 1 is 1.22 bits per heavy atom. The molecule has 0 amide bonds. The van der Waals surface area contributed by atoms with E-state index in [1.165, 1.54) is 30.5 Å². The second kappa shape index (κ2) is 4.90. The Kier molecular flexibility index (Phi) is 3.11. The summed E-state index contributed by atoms with van der Waals surface area (Å²) in [5.41, 5.74) is 3.50. The minimum absolute atomic E-state index is 0.418. The van der Waals surface area contributed by atoms with Crippen LogP contribution in [0.25, 0.3) is 5.69 Å². The maximum atomic E-state index is 4.30. The molecule has 1 unspecified atom stereocenters. The van der Waals surface area contributed by atoms with E-state index in [1.807, 2.05) is 24.9 Å². The first kappa shape index (κ1) is 11.4. The fourth-order valence-electron chi connectivity index (χ4n) is 2.55. The molecule has 0 spiro atoms. The smallest absolute Gasteiger partial charge is 0.0995 e. The van der Waals surface area contributed by atoms with Crippen LogP contribution in [0.4, 0.5) is 0 Å². The number of aromatic nitrogens is 3. The lowest BCUT2D eigenvalue weighted by Gasteiger charge is -2.24. The lowest BCUT2D eigenvalue weighted by molar-refractivity contribution is 0.402. The second-order valence-corrected chi connectivity index (χ2v) is 4.91. The van der Waals surface area contributed by atoms with Crippen LogP contribution in [0.3, 0.4) is 0 Å². The SMILES string of the molecule is Cc1cncc(-n2cncc2C2CCCCN2)c1. The van der Waals surface area contributed by atoms with Gasteiger partial charge >= 0.3 is 0 Å². The van der Waals surface area contributed by atoms with Crippen molar-refractivity contribution >= 4 is 0 Å². The number of pyridine rings is 1. The van der Waals surface area contributed by atoms with Gasteiger partial charge in [-0.15, -0.1) is 0 Å². The van der Waals surface area contributed by atoms with Crippen molar-refractivity contribution in [2.75, 3.05) is 6.54 Å². The Labute approximate surface area is 107 Å². The lowest BCUT2D eigenvalue weighted by Crippen LogP contribution is -2.28. The average Bonchev–Trinajstić information content (AvgIpc) is 2.89. The van der Waals surface area contributed by atoms with Gasteiger partial charge in [0.2, 0.25) is 0 Å². The number of nitrogens with zero attached hydrogens (tertiary/aromatic N) is 3. The van der Waals surface area contributed by atoms with Gasteiger partial charge in [0.05, 0.1) is 30.1 Å². The maximum Gasteiger partial charge on any atom is 0.0995 e. The molecule has 1 aliphatic heterocycles. The fraction of sp³-hybridized carbons (Fsp3) is 0.429. The lowest BCUT2D eigenvalue weighted by atomic mass is 10.0. The van der Waals surface area contributed by atoms with Crippen molar-refractivity contribution in [1.29, 1.82) is 0 Å². The van der Waals surface area contributed by atoms with E-state index >= 15 is 0 Å². The summed E-state index contributed by atoms with van der Waals surface area (Å²) in [5, 5.41) is 3.57. The molecule has 1 saturated heterocycles. The van der Waals surface area contributed by atoms with Crippen LogP contribution >= 0.6 is 0 Å². The van der Waals surface area contributed by atoms with Gasteiger partial charge in [0.1, 0.15) is 0 Å². The minimum atomic E-state index is 0.418. The zero-order valence-corrected chi connectivity index (χ0v) is 10.6. The van der Waals surface area contributed by atoms with E-state index in [0.717, 1.165) is 12.2 Å². The van der Waals surface area contributed by atoms with Gasteiger partial charge in [0.15, 0.2) is 0 Å². The number of hydrogen-bond donors (Lipinski definition) is 1. The third kappa shape index (κ3) is 2.16. The van der Waals surface area contributed by atoms with Gasteiger partial charge in [-0.2, -0.15) is 0 Å². The molecule has 18 heavy (non-hydrogen) atoms. The van der Waals surface area contributed by atoms with Crippen LogP contribution in [0, 0.1) is 6.92 Å². The molecule has 4 nitrogen and oxygen atoms in total. The predicted octanol–water partition coefficient (Wildman–Crippen LogP) is 2.39. The van der Waals surface area contributed by atoms with Crippen molar-refractivity contribution in [3.05, 3.63) is 42.2 Å². The van der Waals surface area contributed by atoms with Gasteiger partial charge in [-0.05, 0) is 37.9 Å². The van der Waals surface area contributed by atoms with E-state index in [-0.39, 0.29) is 0 Å². The van der Waals surface area contributed by atoms with Crippen LogP contribution in [0.1, 0.15) is 36.6 Å². The van der Waals surface area contributed by atoms with Crippen LogP contribution in [-0.4, -0.2) is 21.1 Å². The van der Waals surface area contributed by atoms with Crippen LogP contribution < -0.4 is 5.32 Å². The molecule has 2 aromatic rings. The van der Waals surface area contributed by atoms with Crippen molar-refractivity contribution in [3.63, 3.8) is 0 Å². The minimum Gasteiger partial charge on any atom is -0.309 e. The monoisotopic (exact) mass is 242 g/mol. The van der Waals surface area contributed by atoms with Crippen LogP contribution in [-0.2, 0) is 0 Å². The molecular formula is C14H18N4. The Bertz CT molecular complexity index is 526. The summed E-state index contributed by atoms with van der Waals surface area (Å²) in [6.07, 6.45) is 11.4. The summed E-state index contributed by atoms with van der Waals surface area (Å²) >= 11 is 0. The van der Waals surface area contributed by atoms with Crippen molar-refractivity contribution in [1.82, 2.24) is 19.9 Å². The van der Waals surface area contributed by atoms with Gasteiger partial charge in [0, 0.05) is 12.2 Å². The first-order chi connectivity index (χ1) is 8.84. The summed E-state index contributed by atoms with van der Waals surface area (Å²) in [4.78, 5) is 8.56. The molecule has 1 N–H and O–H groups in total. The molecule has 3 heterocycles. The molecule has 0 aliphatic carbocycles. The predicted molar refractivity (Wildman–Crippen MR) is 70.7 cm³/mol. The van der Waals surface area contributed by atoms with E-state index in [4.69, 9.17) is 0 Å². The third-order valence-electron chi connectivity index (χ3n) is 3.47. The van der Waals surface area contributed by atoms with E-state index in [0.29, 0.717) is 6.04 Å². The molecule has 3 rings (SSSR count). The third-order valence-corrected chi connectivity index (χ3v) is 3.47. The quantitative estimate of drug-likeness (QED) is 0.879. The second-order valence-electron chi connectivity index (χ2n) is 4.91. The van der Waals surface area contributed by atoms with Crippen molar-refractivity contribution in [3.8, 4) is 5.69 Å². The highest BCUT2D eigenvalue weighted by Crippen LogP contribution is 2.24. The molecule has 1 aliphatic rings. The zero-order chi connectivity index (χ0) is 12.4. The molecule has 0 bridgehead atoms. The van der Waals surface area contributed by atoms with Gasteiger partial charge < -0.3 is 9.88 Å². The molecule has 2 aromatic heterocycles. The maximum absolute atomic E-state index is 4.30. The standard InChI is InChI=1S/C14H18N4/c1-11-6-12(8-15-7-11)18-10-16-9-14(18)13-4-2-3-5-17-13/h6-10,13,17H,2-5H2,1H3. The Hall–Kier alpha value is -1.68. The first-order valence-electron chi connectivity index (χ1n) is 6.52. The molecule has 1 atom stereocenters. The molecule has 1 fully saturated rings. The van der Waals surface area contributed by atoms with Gasteiger partial charge in [0.25, 0.3) is 0 Å². The summed E-state index contributed by atoms with van der Waals surface area (Å²) in [6, 6.07) is 2.56. The van der Waals surface area contributed by atoms with Crippen molar-refractivity contribution in [2.24, 2.45) is 0 Å². The van der Waals surface area contributed by atoms with Crippen molar-refractivity contribution in [2.45, 2.75) is 32.2 Å². The fourth-order valence-corrected chi connectivity index (χ4v) is 2.55. The number of aryl methyl sites for hydroxylation is 1. The van der Waals surface area contributed by atoms with Gasteiger partial charge in [-0.3, -0.25) is 4.98 Å². The number of nitrogens with one attached hydrogen (secondary N) is 1. The van der Waals surface area contributed by atoms with Crippen LogP contribution in [0.5, 0.6) is 0 Å². The van der Waals surface area contributed by atoms with Crippen LogP contribution in [0.2, 0.25) is 0 Å². The van der Waals surface area contributed by atoms with Crippen LogP contribution in [0.15, 0.2) is 31.0 Å². The first-order valence-corrected chi connectivity index (χ1v) is 6.52. The van der Waals surface area contributed by atoms with E-state index < -0.39 is 0 Å². The number of rotatable bonds is 2. The topological polar surface area (TPSA) is 42.7 Å². The summed E-state index contributed by atoms with van der Waals surface area (Å²) in [6.45, 7) is 3.16. The molecule has 0 aromatic carbocycles. The average molecular weight is 242 g/mol. The Balaban J connectivity index is 1.95. The molecule has 0 radical (unpaired) electrons. The number of piperidine rings is 1. The number of imidazole rings is 1. The number of hydrogen-bond acceptors (Lipinski definition) is 3. The Morgan fingerprint density at radius 3 is 2.94 bits per heavy atom. The summed E-state index contributed by atoms with van der Waals surface area (Å²) in [5.74, 6) is 0.